The Kier molecular flexibility index (Phi) is 6.79. The number of anilines is 1. The molecule has 3 rings (SSSR count). The third-order valence-corrected chi connectivity index (χ3v) is 5.61. The van der Waals surface area contributed by atoms with E-state index in [1.165, 1.54) is 18.4 Å². The zero-order valence-corrected chi connectivity index (χ0v) is 17.5. The predicted molar refractivity (Wildman–Crippen MR) is 113 cm³/mol. The van der Waals surface area contributed by atoms with E-state index in [4.69, 9.17) is 0 Å². The number of nitrogens with one attached hydrogen (secondary N) is 1. The summed E-state index contributed by atoms with van der Waals surface area (Å²) in [6, 6.07) is 6.79. The highest BCUT2D eigenvalue weighted by atomic mass is 16.1. The molecule has 5 nitrogen and oxygen atoms in total. The lowest BCUT2D eigenvalue weighted by Gasteiger charge is -2.37. The average Bonchev–Trinajstić information content (AvgIpc) is 2.67. The summed E-state index contributed by atoms with van der Waals surface area (Å²) in [6.07, 6.45) is 7.72. The van der Waals surface area contributed by atoms with E-state index in [0.29, 0.717) is 12.3 Å². The van der Waals surface area contributed by atoms with E-state index in [-0.39, 0.29) is 11.9 Å². The van der Waals surface area contributed by atoms with Gasteiger partial charge in [-0.25, -0.2) is 0 Å². The number of piperidine rings is 1. The Morgan fingerprint density at radius 3 is 2.71 bits per heavy atom. The van der Waals surface area contributed by atoms with Crippen molar-refractivity contribution >= 4 is 11.6 Å². The molecule has 0 saturated carbocycles. The van der Waals surface area contributed by atoms with Gasteiger partial charge in [0.05, 0.1) is 11.9 Å². The molecule has 0 aromatic carbocycles. The van der Waals surface area contributed by atoms with E-state index in [0.717, 1.165) is 42.1 Å². The lowest BCUT2D eigenvalue weighted by molar-refractivity contribution is -0.115. The van der Waals surface area contributed by atoms with Crippen LogP contribution in [0.1, 0.15) is 61.7 Å². The molecule has 1 aliphatic rings. The number of hydrogen-bond donors (Lipinski definition) is 1. The van der Waals surface area contributed by atoms with E-state index in [2.05, 4.69) is 59.2 Å². The minimum Gasteiger partial charge on any atom is -0.325 e. The van der Waals surface area contributed by atoms with Crippen LogP contribution in [0.15, 0.2) is 30.6 Å². The topological polar surface area (TPSA) is 58.1 Å². The summed E-state index contributed by atoms with van der Waals surface area (Å²) in [4.78, 5) is 23.1. The molecule has 2 atom stereocenters. The maximum Gasteiger partial charge on any atom is 0.224 e. The lowest BCUT2D eigenvalue weighted by Crippen LogP contribution is -2.38. The number of likely N-dealkylation sites (tertiary alicyclic amines) is 1. The number of aryl methyl sites for hydroxylation is 2. The van der Waals surface area contributed by atoms with Gasteiger partial charge < -0.3 is 5.32 Å². The van der Waals surface area contributed by atoms with Crippen molar-refractivity contribution in [2.24, 2.45) is 5.92 Å². The number of carbonyl (C=O) groups excluding carboxylic acids is 1. The molecule has 0 aliphatic carbocycles. The largest absolute Gasteiger partial charge is 0.325 e. The maximum absolute atomic E-state index is 11.7. The third kappa shape index (κ3) is 5.38. The molecule has 1 amide bonds. The molecule has 2 unspecified atom stereocenters. The highest BCUT2D eigenvalue weighted by molar-refractivity contribution is 5.90. The van der Waals surface area contributed by atoms with Crippen LogP contribution in [0.2, 0.25) is 0 Å². The summed E-state index contributed by atoms with van der Waals surface area (Å²) in [7, 11) is 0. The molecule has 0 bridgehead atoms. The Morgan fingerprint density at radius 2 is 2.00 bits per heavy atom. The van der Waals surface area contributed by atoms with Crippen molar-refractivity contribution in [3.8, 4) is 0 Å². The Bertz CT molecular complexity index is 800. The van der Waals surface area contributed by atoms with Crippen LogP contribution in [0.4, 0.5) is 5.69 Å². The van der Waals surface area contributed by atoms with Crippen LogP contribution in [0.5, 0.6) is 0 Å². The molecular formula is C23H32N4O. The van der Waals surface area contributed by atoms with Crippen molar-refractivity contribution < 1.29 is 4.79 Å². The molecular weight excluding hydrogens is 348 g/mol. The van der Waals surface area contributed by atoms with E-state index in [1.54, 1.807) is 6.20 Å². The summed E-state index contributed by atoms with van der Waals surface area (Å²) in [5.41, 5.74) is 5.55. The fourth-order valence-corrected chi connectivity index (χ4v) is 4.20. The quantitative estimate of drug-likeness (QED) is 0.804. The lowest BCUT2D eigenvalue weighted by atomic mass is 9.90. The van der Waals surface area contributed by atoms with Crippen molar-refractivity contribution in [3.63, 3.8) is 0 Å². The molecule has 1 aliphatic heterocycles. The molecule has 5 heteroatoms. The van der Waals surface area contributed by atoms with Crippen molar-refractivity contribution in [1.82, 2.24) is 14.9 Å². The van der Waals surface area contributed by atoms with Crippen LogP contribution < -0.4 is 5.32 Å². The smallest absolute Gasteiger partial charge is 0.224 e. The number of carbonyl (C=O) groups is 1. The summed E-state index contributed by atoms with van der Waals surface area (Å²) in [5.74, 6) is 0.681. The van der Waals surface area contributed by atoms with Crippen molar-refractivity contribution in [2.75, 3.05) is 18.4 Å². The molecule has 1 saturated heterocycles. The Balaban J connectivity index is 1.66. The van der Waals surface area contributed by atoms with Gasteiger partial charge in [0.15, 0.2) is 0 Å². The van der Waals surface area contributed by atoms with Crippen LogP contribution >= 0.6 is 0 Å². The second-order valence-electron chi connectivity index (χ2n) is 8.05. The number of nitrogens with zero attached hydrogens (tertiary/aromatic N) is 3. The minimum absolute atomic E-state index is 0.0209. The van der Waals surface area contributed by atoms with Crippen LogP contribution in [-0.4, -0.2) is 33.9 Å². The SMILES string of the molecule is CCC(=O)Nc1cncc(C(C)N2CCCC(Cc3cc(C)nc(C)c3)C2)c1. The fourth-order valence-electron chi connectivity index (χ4n) is 4.20. The highest BCUT2D eigenvalue weighted by Crippen LogP contribution is 2.29. The van der Waals surface area contributed by atoms with Gasteiger partial charge in [-0.1, -0.05) is 6.92 Å². The van der Waals surface area contributed by atoms with Gasteiger partial charge >= 0.3 is 0 Å². The summed E-state index contributed by atoms with van der Waals surface area (Å²) >= 11 is 0. The first-order valence-corrected chi connectivity index (χ1v) is 10.4. The fraction of sp³-hybridized carbons (Fsp3) is 0.522. The predicted octanol–water partition coefficient (Wildman–Crippen LogP) is 4.46. The molecule has 28 heavy (non-hydrogen) atoms. The Morgan fingerprint density at radius 1 is 1.25 bits per heavy atom. The van der Waals surface area contributed by atoms with Crippen molar-refractivity contribution in [3.05, 3.63) is 53.1 Å². The van der Waals surface area contributed by atoms with Gasteiger partial charge in [-0.3, -0.25) is 19.7 Å². The van der Waals surface area contributed by atoms with Gasteiger partial charge in [-0.2, -0.15) is 0 Å². The summed E-state index contributed by atoms with van der Waals surface area (Å²) in [6.45, 7) is 10.4. The standard InChI is InChI=1S/C23H32N4O/c1-5-23(28)26-22-12-21(13-24-14-22)18(4)27-8-6-7-19(15-27)11-20-9-16(2)25-17(3)10-20/h9-10,12-14,18-19H,5-8,11,15H2,1-4H3,(H,26,28). The Labute approximate surface area is 168 Å². The number of hydrogen-bond acceptors (Lipinski definition) is 4. The molecule has 2 aromatic heterocycles. The normalized spacial score (nSPS) is 18.6. The van der Waals surface area contributed by atoms with Gasteiger partial charge in [0.25, 0.3) is 0 Å². The van der Waals surface area contributed by atoms with E-state index in [9.17, 15) is 4.79 Å². The van der Waals surface area contributed by atoms with E-state index in [1.807, 2.05) is 13.1 Å². The van der Waals surface area contributed by atoms with Crippen LogP contribution in [0.25, 0.3) is 0 Å². The molecule has 1 fully saturated rings. The number of pyridine rings is 2. The molecule has 2 aromatic rings. The first-order valence-electron chi connectivity index (χ1n) is 10.4. The second kappa shape index (κ2) is 9.28. The van der Waals surface area contributed by atoms with E-state index >= 15 is 0 Å². The van der Waals surface area contributed by atoms with Gasteiger partial charge in [-0.15, -0.1) is 0 Å². The van der Waals surface area contributed by atoms with Gasteiger partial charge in [0, 0.05) is 36.6 Å². The minimum atomic E-state index is 0.0209. The first-order chi connectivity index (χ1) is 13.4. The molecule has 0 radical (unpaired) electrons. The number of amides is 1. The second-order valence-corrected chi connectivity index (χ2v) is 8.05. The Hall–Kier alpha value is -2.27. The van der Waals surface area contributed by atoms with Crippen LogP contribution in [0.3, 0.4) is 0 Å². The average molecular weight is 381 g/mol. The molecule has 3 heterocycles. The maximum atomic E-state index is 11.7. The zero-order chi connectivity index (χ0) is 20.1. The van der Waals surface area contributed by atoms with Crippen molar-refractivity contribution in [1.29, 1.82) is 0 Å². The summed E-state index contributed by atoms with van der Waals surface area (Å²) in [5, 5.41) is 2.92. The molecule has 150 valence electrons. The van der Waals surface area contributed by atoms with Crippen LogP contribution in [0, 0.1) is 19.8 Å². The van der Waals surface area contributed by atoms with Crippen molar-refractivity contribution in [2.45, 2.75) is 59.4 Å². The molecule has 0 spiro atoms. The zero-order valence-electron chi connectivity index (χ0n) is 17.5. The third-order valence-electron chi connectivity index (χ3n) is 5.61. The van der Waals surface area contributed by atoms with Crippen LogP contribution in [-0.2, 0) is 11.2 Å². The van der Waals surface area contributed by atoms with Gasteiger partial charge in [0.2, 0.25) is 5.91 Å². The first kappa shape index (κ1) is 20.5. The number of aromatic nitrogens is 2. The van der Waals surface area contributed by atoms with Gasteiger partial charge in [0.1, 0.15) is 0 Å². The summed E-state index contributed by atoms with van der Waals surface area (Å²) < 4.78 is 0. The highest BCUT2D eigenvalue weighted by Gasteiger charge is 2.25. The van der Waals surface area contributed by atoms with E-state index < -0.39 is 0 Å². The molecule has 1 N–H and O–H groups in total. The monoisotopic (exact) mass is 380 g/mol. The number of rotatable bonds is 6. The van der Waals surface area contributed by atoms with Gasteiger partial charge in [-0.05, 0) is 81.8 Å².